The van der Waals surface area contributed by atoms with Gasteiger partial charge in [-0.1, -0.05) is 193 Å². The summed E-state index contributed by atoms with van der Waals surface area (Å²) in [6, 6.07) is 0. The number of unbranched alkanes of at least 4 members (excludes halogenated alkanes) is 23. The van der Waals surface area contributed by atoms with Gasteiger partial charge in [-0.2, -0.15) is 10.5 Å². The zero-order chi connectivity index (χ0) is 24.4. The van der Waals surface area contributed by atoms with E-state index in [-0.39, 0.29) is 0 Å². The summed E-state index contributed by atoms with van der Waals surface area (Å²) in [4.78, 5) is 0. The minimum atomic E-state index is 1.37. The standard InChI is InChI=1S/C26H54.2CHNS/c1-3-5-7-9-11-13-15-17-19-21-23-25-26-24-22-20-18-16-14-12-10-8-6-4-2;2*2-1-3/h3-26H2,1-2H3;2*3H. The zero-order valence-electron chi connectivity index (χ0n) is 21.8. The summed E-state index contributed by atoms with van der Waals surface area (Å²) in [6.07, 6.45) is 35.4. The number of nitrogens with zero attached hydrogens (tertiary/aromatic N) is 2. The molecule has 0 aliphatic carbocycles. The first-order valence-corrected chi connectivity index (χ1v) is 14.7. The number of nitriles is 2. The molecule has 0 aromatic rings. The normalized spacial score (nSPS) is 9.69. The van der Waals surface area contributed by atoms with Crippen molar-refractivity contribution in [1.29, 1.82) is 10.5 Å². The van der Waals surface area contributed by atoms with E-state index in [9.17, 15) is 0 Å². The van der Waals surface area contributed by atoms with Gasteiger partial charge in [0.2, 0.25) is 0 Å². The molecule has 0 spiro atoms. The van der Waals surface area contributed by atoms with Gasteiger partial charge in [-0.05, 0) is 0 Å². The van der Waals surface area contributed by atoms with Gasteiger partial charge in [0, 0.05) is 0 Å². The van der Waals surface area contributed by atoms with Crippen molar-refractivity contribution in [2.45, 2.75) is 168 Å². The number of rotatable bonds is 23. The second kappa shape index (κ2) is 41.0. The minimum Gasteiger partial charge on any atom is -0.185 e. The van der Waals surface area contributed by atoms with Crippen LogP contribution in [0.2, 0.25) is 0 Å². The highest BCUT2D eigenvalue weighted by atomic mass is 32.1. The molecule has 0 aliphatic heterocycles. The topological polar surface area (TPSA) is 47.6 Å². The maximum absolute atomic E-state index is 7.18. The lowest BCUT2D eigenvalue weighted by molar-refractivity contribution is 0.518. The summed E-state index contributed by atoms with van der Waals surface area (Å²) in [5, 5.41) is 17.3. The predicted octanol–water partition coefficient (Wildman–Crippen LogP) is 11.2. The Kier molecular flexibility index (Phi) is 46.4. The van der Waals surface area contributed by atoms with Crippen molar-refractivity contribution in [2.75, 3.05) is 0 Å². The second-order valence-corrected chi connectivity index (χ2v) is 9.38. The van der Waals surface area contributed by atoms with E-state index in [0.29, 0.717) is 0 Å². The van der Waals surface area contributed by atoms with E-state index in [4.69, 9.17) is 10.5 Å². The third kappa shape index (κ3) is 47.5. The fourth-order valence-corrected chi connectivity index (χ4v) is 4.04. The molecule has 0 bridgehead atoms. The molecular weight excluding hydrogens is 428 g/mol. The van der Waals surface area contributed by atoms with Crippen LogP contribution in [-0.2, 0) is 0 Å². The van der Waals surface area contributed by atoms with Crippen molar-refractivity contribution in [3.8, 4) is 10.8 Å². The third-order valence-corrected chi connectivity index (χ3v) is 5.96. The summed E-state index contributed by atoms with van der Waals surface area (Å²) in [5.41, 5.74) is 0. The Labute approximate surface area is 214 Å². The first kappa shape index (κ1) is 36.3. The van der Waals surface area contributed by atoms with E-state index >= 15 is 0 Å². The van der Waals surface area contributed by atoms with Gasteiger partial charge in [-0.25, -0.2) is 0 Å². The molecule has 0 unspecified atom stereocenters. The van der Waals surface area contributed by atoms with Crippen LogP contribution in [-0.4, -0.2) is 0 Å². The molecule has 0 radical (unpaired) electrons. The van der Waals surface area contributed by atoms with Crippen molar-refractivity contribution < 1.29 is 0 Å². The van der Waals surface area contributed by atoms with Crippen molar-refractivity contribution in [3.63, 3.8) is 0 Å². The highest BCUT2D eigenvalue weighted by molar-refractivity contribution is 7.85. The summed E-state index contributed by atoms with van der Waals surface area (Å²) in [7, 11) is 0. The molecule has 0 fully saturated rings. The first-order chi connectivity index (χ1) is 15.7. The Morgan fingerprint density at radius 1 is 0.344 bits per heavy atom. The molecule has 0 amide bonds. The number of thiocyanates is 2. The van der Waals surface area contributed by atoms with Crippen molar-refractivity contribution in [1.82, 2.24) is 0 Å². The first-order valence-electron chi connectivity index (χ1n) is 13.8. The highest BCUT2D eigenvalue weighted by Crippen LogP contribution is 2.15. The molecule has 0 saturated carbocycles. The largest absolute Gasteiger partial charge is 0.185 e. The highest BCUT2D eigenvalue weighted by Gasteiger charge is 1.95. The molecule has 190 valence electrons. The van der Waals surface area contributed by atoms with Gasteiger partial charge in [-0.15, -0.1) is 0 Å². The molecule has 32 heavy (non-hydrogen) atoms. The molecule has 0 atom stereocenters. The van der Waals surface area contributed by atoms with Crippen LogP contribution < -0.4 is 0 Å². The molecule has 0 aromatic carbocycles. The van der Waals surface area contributed by atoms with E-state index in [1.54, 1.807) is 0 Å². The summed E-state index contributed by atoms with van der Waals surface area (Å²) >= 11 is 6.19. The Morgan fingerprint density at radius 2 is 0.438 bits per heavy atom. The maximum Gasteiger partial charge on any atom is 0.130 e. The molecule has 0 heterocycles. The lowest BCUT2D eigenvalue weighted by Gasteiger charge is -2.04. The van der Waals surface area contributed by atoms with Crippen LogP contribution in [0, 0.1) is 21.3 Å². The molecule has 4 heteroatoms. The van der Waals surface area contributed by atoms with Crippen LogP contribution >= 0.6 is 25.3 Å². The van der Waals surface area contributed by atoms with E-state index < -0.39 is 0 Å². The van der Waals surface area contributed by atoms with Crippen molar-refractivity contribution in [3.05, 3.63) is 0 Å². The smallest absolute Gasteiger partial charge is 0.130 e. The molecule has 0 aliphatic rings. The van der Waals surface area contributed by atoms with E-state index in [1.165, 1.54) is 165 Å². The maximum atomic E-state index is 7.18. The molecule has 0 N–H and O–H groups in total. The monoisotopic (exact) mass is 484 g/mol. The quantitative estimate of drug-likeness (QED) is 0.0860. The van der Waals surface area contributed by atoms with Crippen LogP contribution in [0.3, 0.4) is 0 Å². The fourth-order valence-electron chi connectivity index (χ4n) is 4.04. The van der Waals surface area contributed by atoms with Crippen LogP contribution in [0.25, 0.3) is 0 Å². The van der Waals surface area contributed by atoms with Gasteiger partial charge >= 0.3 is 0 Å². The Bertz CT molecular complexity index is 339. The Hall–Kier alpha value is -0.320. The average molecular weight is 485 g/mol. The van der Waals surface area contributed by atoms with Gasteiger partial charge in [0.05, 0.1) is 0 Å². The van der Waals surface area contributed by atoms with E-state index in [2.05, 4.69) is 39.1 Å². The molecule has 0 saturated heterocycles. The van der Waals surface area contributed by atoms with Gasteiger partial charge in [-0.3, -0.25) is 0 Å². The predicted molar refractivity (Wildman–Crippen MR) is 151 cm³/mol. The summed E-state index contributed by atoms with van der Waals surface area (Å²) in [5.74, 6) is 0. The summed E-state index contributed by atoms with van der Waals surface area (Å²) < 4.78 is 0. The minimum absolute atomic E-state index is 1.37. The average Bonchev–Trinajstić information content (AvgIpc) is 2.78. The van der Waals surface area contributed by atoms with E-state index in [1.807, 2.05) is 0 Å². The lowest BCUT2D eigenvalue weighted by atomic mass is 10.0. The molecular formula is C28H56N2S2. The van der Waals surface area contributed by atoms with Gasteiger partial charge in [0.25, 0.3) is 0 Å². The molecule has 2 nitrogen and oxygen atoms in total. The molecule has 0 rings (SSSR count). The summed E-state index contributed by atoms with van der Waals surface area (Å²) in [6.45, 7) is 4.61. The number of hydrogen-bond donors (Lipinski definition) is 2. The van der Waals surface area contributed by atoms with Crippen LogP contribution in [0.1, 0.15) is 168 Å². The molecule has 0 aromatic heterocycles. The number of thiol groups is 2. The van der Waals surface area contributed by atoms with Gasteiger partial charge in [0.15, 0.2) is 0 Å². The van der Waals surface area contributed by atoms with Gasteiger partial charge in [0.1, 0.15) is 10.8 Å². The van der Waals surface area contributed by atoms with Crippen LogP contribution in [0.5, 0.6) is 0 Å². The van der Waals surface area contributed by atoms with Crippen LogP contribution in [0.15, 0.2) is 0 Å². The third-order valence-electron chi connectivity index (χ3n) is 5.96. The fraction of sp³-hybridized carbons (Fsp3) is 0.929. The van der Waals surface area contributed by atoms with Crippen molar-refractivity contribution in [2.24, 2.45) is 0 Å². The zero-order valence-corrected chi connectivity index (χ0v) is 23.5. The Morgan fingerprint density at radius 3 is 0.531 bits per heavy atom. The second-order valence-electron chi connectivity index (χ2n) is 8.98. The SMILES string of the molecule is CCCCCCCCCCCCCCCCCCCCCCCCCC.N#CS.N#CS. The van der Waals surface area contributed by atoms with Crippen molar-refractivity contribution >= 4 is 25.3 Å². The van der Waals surface area contributed by atoms with Gasteiger partial charge < -0.3 is 0 Å². The number of hydrogen-bond acceptors (Lipinski definition) is 4. The Balaban J connectivity index is -0.00000125. The van der Waals surface area contributed by atoms with Crippen LogP contribution in [0.4, 0.5) is 0 Å². The lowest BCUT2D eigenvalue weighted by Crippen LogP contribution is -1.84. The van der Waals surface area contributed by atoms with E-state index in [0.717, 1.165) is 0 Å².